The molecule has 0 bridgehead atoms. The van der Waals surface area contributed by atoms with Crippen molar-refractivity contribution < 1.29 is 24.5 Å². The topological polar surface area (TPSA) is 95.9 Å². The lowest BCUT2D eigenvalue weighted by Gasteiger charge is -2.12. The third kappa shape index (κ3) is 6.87. The minimum absolute atomic E-state index is 0.00511. The molecule has 0 radical (unpaired) electrons. The van der Waals surface area contributed by atoms with Gasteiger partial charge in [-0.3, -0.25) is 4.79 Å². The van der Waals surface area contributed by atoms with E-state index < -0.39 is 17.9 Å². The normalized spacial score (nSPS) is 12.1. The second kappa shape index (κ2) is 8.19. The van der Waals surface area contributed by atoms with Crippen LogP contribution in [0.2, 0.25) is 0 Å². The average Bonchev–Trinajstić information content (AvgIpc) is 2.17. The zero-order valence-corrected chi connectivity index (χ0v) is 8.73. The molecule has 6 heteroatoms. The van der Waals surface area contributed by atoms with E-state index in [1.807, 2.05) is 6.92 Å². The summed E-state index contributed by atoms with van der Waals surface area (Å²) in [6, 6.07) is -1.05. The van der Waals surface area contributed by atoms with Crippen molar-refractivity contribution >= 4 is 11.9 Å². The lowest BCUT2D eigenvalue weighted by Crippen LogP contribution is -2.43. The van der Waals surface area contributed by atoms with Crippen molar-refractivity contribution in [2.24, 2.45) is 0 Å². The summed E-state index contributed by atoms with van der Waals surface area (Å²) in [4.78, 5) is 21.7. The Morgan fingerprint density at radius 1 is 1.47 bits per heavy atom. The van der Waals surface area contributed by atoms with Crippen LogP contribution in [0.5, 0.6) is 0 Å². The van der Waals surface area contributed by atoms with Crippen LogP contribution >= 0.6 is 0 Å². The summed E-state index contributed by atoms with van der Waals surface area (Å²) in [6.07, 6.45) is 0.793. The maximum atomic E-state index is 11.1. The summed E-state index contributed by atoms with van der Waals surface area (Å²) in [6.45, 7) is 1.94. The van der Waals surface area contributed by atoms with Crippen molar-refractivity contribution in [2.75, 3.05) is 19.8 Å². The van der Waals surface area contributed by atoms with Crippen molar-refractivity contribution in [3.8, 4) is 0 Å². The van der Waals surface area contributed by atoms with Gasteiger partial charge in [-0.2, -0.15) is 0 Å². The number of carbonyl (C=O) groups excluding carboxylic acids is 1. The molecule has 1 amide bonds. The lowest BCUT2D eigenvalue weighted by atomic mass is 10.2. The third-order valence-corrected chi connectivity index (χ3v) is 1.63. The highest BCUT2D eigenvalue weighted by Crippen LogP contribution is 1.91. The van der Waals surface area contributed by atoms with Crippen LogP contribution in [0.3, 0.4) is 0 Å². The summed E-state index contributed by atoms with van der Waals surface area (Å²) in [5.74, 6) is -1.64. The van der Waals surface area contributed by atoms with Gasteiger partial charge in [-0.15, -0.1) is 0 Å². The van der Waals surface area contributed by atoms with Crippen LogP contribution in [0.4, 0.5) is 0 Å². The molecule has 0 aromatic carbocycles. The van der Waals surface area contributed by atoms with Gasteiger partial charge in [-0.05, 0) is 6.42 Å². The van der Waals surface area contributed by atoms with Gasteiger partial charge in [-0.25, -0.2) is 4.79 Å². The van der Waals surface area contributed by atoms with Gasteiger partial charge >= 0.3 is 5.97 Å². The number of rotatable bonds is 8. The SMILES string of the molecule is CCCOCC(=O)N[C@@H](CCO)C(=O)O. The van der Waals surface area contributed by atoms with E-state index in [-0.39, 0.29) is 19.6 Å². The molecular weight excluding hydrogens is 202 g/mol. The number of aliphatic hydroxyl groups is 1. The van der Waals surface area contributed by atoms with Crippen LogP contribution in [-0.2, 0) is 14.3 Å². The van der Waals surface area contributed by atoms with Crippen LogP contribution in [0.1, 0.15) is 19.8 Å². The standard InChI is InChI=1S/C9H17NO5/c1-2-5-15-6-8(12)10-7(3-4-11)9(13)14/h7,11H,2-6H2,1H3,(H,10,12)(H,13,14)/t7-/m0/s1. The molecule has 0 aliphatic carbocycles. The summed E-state index contributed by atoms with van der Waals surface area (Å²) in [5, 5.41) is 19.5. The minimum Gasteiger partial charge on any atom is -0.480 e. The number of hydrogen-bond donors (Lipinski definition) is 3. The lowest BCUT2D eigenvalue weighted by molar-refractivity contribution is -0.143. The Labute approximate surface area is 88.2 Å². The van der Waals surface area contributed by atoms with Crippen LogP contribution in [0.25, 0.3) is 0 Å². The molecule has 0 heterocycles. The first-order valence-electron chi connectivity index (χ1n) is 4.82. The van der Waals surface area contributed by atoms with Crippen molar-refractivity contribution in [2.45, 2.75) is 25.8 Å². The van der Waals surface area contributed by atoms with Gasteiger partial charge in [0.2, 0.25) is 5.91 Å². The zero-order chi connectivity index (χ0) is 11.7. The summed E-state index contributed by atoms with van der Waals surface area (Å²) < 4.78 is 4.94. The van der Waals surface area contributed by atoms with Crippen LogP contribution in [-0.4, -0.2) is 48.0 Å². The molecule has 0 unspecified atom stereocenters. The van der Waals surface area contributed by atoms with Gasteiger partial charge in [-0.1, -0.05) is 6.92 Å². The van der Waals surface area contributed by atoms with E-state index in [1.54, 1.807) is 0 Å². The number of carboxylic acids is 1. The molecule has 0 fully saturated rings. The third-order valence-electron chi connectivity index (χ3n) is 1.63. The quantitative estimate of drug-likeness (QED) is 0.472. The Morgan fingerprint density at radius 3 is 2.60 bits per heavy atom. The Hall–Kier alpha value is -1.14. The minimum atomic E-state index is -1.16. The van der Waals surface area contributed by atoms with Crippen molar-refractivity contribution in [3.63, 3.8) is 0 Å². The number of hydrogen-bond acceptors (Lipinski definition) is 4. The number of ether oxygens (including phenoxy) is 1. The first kappa shape index (κ1) is 13.9. The molecule has 15 heavy (non-hydrogen) atoms. The highest BCUT2D eigenvalue weighted by Gasteiger charge is 2.18. The van der Waals surface area contributed by atoms with E-state index in [0.29, 0.717) is 6.61 Å². The number of amides is 1. The van der Waals surface area contributed by atoms with Gasteiger partial charge in [0, 0.05) is 19.6 Å². The first-order chi connectivity index (χ1) is 7.11. The largest absolute Gasteiger partial charge is 0.480 e. The first-order valence-corrected chi connectivity index (χ1v) is 4.82. The second-order valence-electron chi connectivity index (χ2n) is 3.02. The smallest absolute Gasteiger partial charge is 0.326 e. The van der Waals surface area contributed by atoms with Gasteiger partial charge in [0.1, 0.15) is 12.6 Å². The highest BCUT2D eigenvalue weighted by molar-refractivity contribution is 5.84. The molecule has 0 saturated heterocycles. The number of aliphatic carboxylic acids is 1. The fourth-order valence-corrected chi connectivity index (χ4v) is 0.932. The Balaban J connectivity index is 3.84. The fraction of sp³-hybridized carbons (Fsp3) is 0.778. The van der Waals surface area contributed by atoms with Crippen LogP contribution in [0.15, 0.2) is 0 Å². The second-order valence-corrected chi connectivity index (χ2v) is 3.02. The van der Waals surface area contributed by atoms with Crippen LogP contribution < -0.4 is 5.32 Å². The number of aliphatic hydroxyl groups excluding tert-OH is 1. The number of nitrogens with one attached hydrogen (secondary N) is 1. The number of carbonyl (C=O) groups is 2. The van der Waals surface area contributed by atoms with E-state index in [9.17, 15) is 9.59 Å². The maximum absolute atomic E-state index is 11.1. The Kier molecular flexibility index (Phi) is 7.57. The molecule has 0 aromatic rings. The van der Waals surface area contributed by atoms with Crippen LogP contribution in [0, 0.1) is 0 Å². The van der Waals surface area contributed by atoms with E-state index in [2.05, 4.69) is 5.32 Å². The predicted molar refractivity (Wildman–Crippen MR) is 52.4 cm³/mol. The monoisotopic (exact) mass is 219 g/mol. The van der Waals surface area contributed by atoms with Gasteiger partial charge < -0.3 is 20.3 Å². The molecule has 1 atom stereocenters. The van der Waals surface area contributed by atoms with E-state index in [0.717, 1.165) is 6.42 Å². The predicted octanol–water partition coefficient (Wildman–Crippen LogP) is -0.635. The molecule has 0 rings (SSSR count). The molecule has 6 nitrogen and oxygen atoms in total. The van der Waals surface area contributed by atoms with E-state index in [1.165, 1.54) is 0 Å². The highest BCUT2D eigenvalue weighted by atomic mass is 16.5. The van der Waals surface area contributed by atoms with Crippen molar-refractivity contribution in [3.05, 3.63) is 0 Å². The maximum Gasteiger partial charge on any atom is 0.326 e. The van der Waals surface area contributed by atoms with E-state index >= 15 is 0 Å². The molecule has 3 N–H and O–H groups in total. The summed E-state index contributed by atoms with van der Waals surface area (Å²) in [7, 11) is 0. The number of carboxylic acid groups (broad SMARTS) is 1. The van der Waals surface area contributed by atoms with Crippen molar-refractivity contribution in [1.29, 1.82) is 0 Å². The molecule has 0 aromatic heterocycles. The van der Waals surface area contributed by atoms with Crippen molar-refractivity contribution in [1.82, 2.24) is 5.32 Å². The van der Waals surface area contributed by atoms with E-state index in [4.69, 9.17) is 14.9 Å². The molecular formula is C9H17NO5. The average molecular weight is 219 g/mol. The molecule has 0 aliphatic heterocycles. The Bertz CT molecular complexity index is 207. The van der Waals surface area contributed by atoms with Gasteiger partial charge in [0.15, 0.2) is 0 Å². The van der Waals surface area contributed by atoms with Gasteiger partial charge in [0.05, 0.1) is 0 Å². The summed E-state index contributed by atoms with van der Waals surface area (Å²) >= 11 is 0. The van der Waals surface area contributed by atoms with Gasteiger partial charge in [0.25, 0.3) is 0 Å². The summed E-state index contributed by atoms with van der Waals surface area (Å²) in [5.41, 5.74) is 0. The Morgan fingerprint density at radius 2 is 2.13 bits per heavy atom. The molecule has 0 saturated carbocycles. The molecule has 0 aliphatic rings. The molecule has 88 valence electrons. The molecule has 0 spiro atoms. The zero-order valence-electron chi connectivity index (χ0n) is 8.73. The fourth-order valence-electron chi connectivity index (χ4n) is 0.932.